The van der Waals surface area contributed by atoms with E-state index in [0.717, 1.165) is 24.2 Å². The van der Waals surface area contributed by atoms with Crippen LogP contribution in [0.25, 0.3) is 11.4 Å². The summed E-state index contributed by atoms with van der Waals surface area (Å²) in [6, 6.07) is 8.85. The van der Waals surface area contributed by atoms with Crippen molar-refractivity contribution in [3.05, 3.63) is 73.1 Å². The highest BCUT2D eigenvalue weighted by molar-refractivity contribution is 5.55. The summed E-state index contributed by atoms with van der Waals surface area (Å²) in [5.74, 6) is 0. The number of aromatic nitrogens is 2. The maximum absolute atomic E-state index is 4.63. The van der Waals surface area contributed by atoms with Gasteiger partial charge in [0.1, 0.15) is 0 Å². The van der Waals surface area contributed by atoms with E-state index >= 15 is 0 Å². The average molecular weight is 489 g/mol. The summed E-state index contributed by atoms with van der Waals surface area (Å²) in [5, 5.41) is 0. The molecule has 0 bridgehead atoms. The molecule has 0 aliphatic carbocycles. The molecule has 0 radical (unpaired) electrons. The fourth-order valence-electron chi connectivity index (χ4n) is 4.90. The zero-order chi connectivity index (χ0) is 25.5. The standard InChI is InChI=1S/C34H52N2/c1-3-5-7-9-11-13-15-17-19-21-23-31-25-27-35-33(29-31)34-30-32(26-28-36-34)24-22-20-18-16-14-12-10-8-6-4-2/h3-4,25-30H,1-2,5-24H2. The van der Waals surface area contributed by atoms with Gasteiger partial charge in [-0.3, -0.25) is 9.97 Å². The van der Waals surface area contributed by atoms with Gasteiger partial charge in [-0.2, -0.15) is 0 Å². The van der Waals surface area contributed by atoms with Crippen LogP contribution in [-0.2, 0) is 12.8 Å². The molecule has 2 aromatic rings. The van der Waals surface area contributed by atoms with Crippen molar-refractivity contribution in [3.63, 3.8) is 0 Å². The van der Waals surface area contributed by atoms with Gasteiger partial charge in [-0.05, 0) is 86.8 Å². The molecule has 0 amide bonds. The van der Waals surface area contributed by atoms with E-state index in [1.165, 1.54) is 127 Å². The Balaban J connectivity index is 1.62. The number of hydrogen-bond donors (Lipinski definition) is 0. The molecule has 0 aliphatic heterocycles. The fourth-order valence-corrected chi connectivity index (χ4v) is 4.90. The minimum atomic E-state index is 1.02. The van der Waals surface area contributed by atoms with Crippen molar-refractivity contribution in [1.82, 2.24) is 9.97 Å². The lowest BCUT2D eigenvalue weighted by Crippen LogP contribution is -1.94. The lowest BCUT2D eigenvalue weighted by atomic mass is 10.0. The van der Waals surface area contributed by atoms with Crippen LogP contribution in [-0.4, -0.2) is 9.97 Å². The normalized spacial score (nSPS) is 11.0. The second-order valence-corrected chi connectivity index (χ2v) is 10.4. The highest BCUT2D eigenvalue weighted by Crippen LogP contribution is 2.20. The van der Waals surface area contributed by atoms with E-state index in [9.17, 15) is 0 Å². The first-order valence-corrected chi connectivity index (χ1v) is 15.0. The predicted molar refractivity (Wildman–Crippen MR) is 158 cm³/mol. The monoisotopic (exact) mass is 488 g/mol. The van der Waals surface area contributed by atoms with Gasteiger partial charge in [-0.1, -0.05) is 89.2 Å². The first kappa shape index (κ1) is 30.0. The molecular formula is C34H52N2. The minimum Gasteiger partial charge on any atom is -0.255 e. The molecule has 0 atom stereocenters. The molecule has 0 spiro atoms. The molecule has 0 saturated carbocycles. The maximum atomic E-state index is 4.63. The van der Waals surface area contributed by atoms with Crippen LogP contribution in [0.1, 0.15) is 127 Å². The zero-order valence-corrected chi connectivity index (χ0v) is 23.1. The molecule has 36 heavy (non-hydrogen) atoms. The van der Waals surface area contributed by atoms with Gasteiger partial charge in [-0.25, -0.2) is 0 Å². The third kappa shape index (κ3) is 14.4. The highest BCUT2D eigenvalue weighted by Gasteiger charge is 2.05. The summed E-state index contributed by atoms with van der Waals surface area (Å²) in [4.78, 5) is 9.27. The molecule has 0 aliphatic rings. The summed E-state index contributed by atoms with van der Waals surface area (Å²) < 4.78 is 0. The second-order valence-electron chi connectivity index (χ2n) is 10.4. The third-order valence-corrected chi connectivity index (χ3v) is 7.16. The lowest BCUT2D eigenvalue weighted by Gasteiger charge is -2.07. The Morgan fingerprint density at radius 3 is 1.17 bits per heavy atom. The van der Waals surface area contributed by atoms with Crippen LogP contribution in [0, 0.1) is 0 Å². The Kier molecular flexibility index (Phi) is 17.4. The number of unbranched alkanes of at least 4 members (excludes halogenated alkanes) is 16. The van der Waals surface area contributed by atoms with Crippen molar-refractivity contribution in [2.45, 2.75) is 128 Å². The number of allylic oxidation sites excluding steroid dienone is 2. The van der Waals surface area contributed by atoms with Crippen LogP contribution < -0.4 is 0 Å². The Morgan fingerprint density at radius 2 is 0.806 bits per heavy atom. The van der Waals surface area contributed by atoms with E-state index in [1.54, 1.807) is 0 Å². The Hall–Kier alpha value is -2.22. The topological polar surface area (TPSA) is 25.8 Å². The van der Waals surface area contributed by atoms with Crippen LogP contribution in [0.4, 0.5) is 0 Å². The third-order valence-electron chi connectivity index (χ3n) is 7.16. The SMILES string of the molecule is C=CCCCCCCCCCCc1ccnc(-c2cc(CCCCCCCCCCC=C)ccn2)c1. The predicted octanol–water partition coefficient (Wildman–Crippen LogP) is 10.6. The van der Waals surface area contributed by atoms with Gasteiger partial charge < -0.3 is 0 Å². The number of pyridine rings is 2. The number of hydrogen-bond acceptors (Lipinski definition) is 2. The van der Waals surface area contributed by atoms with Gasteiger partial charge in [0.05, 0.1) is 11.4 Å². The fraction of sp³-hybridized carbons (Fsp3) is 0.588. The Bertz CT molecular complexity index is 756. The first-order chi connectivity index (χ1) is 17.8. The Labute approximate surface area is 222 Å². The van der Waals surface area contributed by atoms with Crippen molar-refractivity contribution in [2.75, 3.05) is 0 Å². The summed E-state index contributed by atoms with van der Waals surface area (Å²) >= 11 is 0. The van der Waals surface area contributed by atoms with Crippen LogP contribution in [0.2, 0.25) is 0 Å². The lowest BCUT2D eigenvalue weighted by molar-refractivity contribution is 0.569. The van der Waals surface area contributed by atoms with Crippen LogP contribution in [0.5, 0.6) is 0 Å². The molecule has 2 rings (SSSR count). The van der Waals surface area contributed by atoms with Gasteiger partial charge in [0.15, 0.2) is 0 Å². The van der Waals surface area contributed by atoms with Crippen LogP contribution in [0.3, 0.4) is 0 Å². The van der Waals surface area contributed by atoms with E-state index in [1.807, 2.05) is 24.5 Å². The maximum Gasteiger partial charge on any atom is 0.0888 e. The Morgan fingerprint density at radius 1 is 0.472 bits per heavy atom. The first-order valence-electron chi connectivity index (χ1n) is 15.0. The molecule has 2 heteroatoms. The quantitative estimate of drug-likeness (QED) is 0.115. The molecule has 0 saturated heterocycles. The van der Waals surface area contributed by atoms with E-state index in [4.69, 9.17) is 0 Å². The number of rotatable bonds is 23. The van der Waals surface area contributed by atoms with Gasteiger partial charge in [0, 0.05) is 12.4 Å². The second kappa shape index (κ2) is 20.9. The average Bonchev–Trinajstić information content (AvgIpc) is 2.91. The van der Waals surface area contributed by atoms with Crippen LogP contribution >= 0.6 is 0 Å². The van der Waals surface area contributed by atoms with E-state index in [0.29, 0.717) is 0 Å². The van der Waals surface area contributed by atoms with Crippen molar-refractivity contribution < 1.29 is 0 Å². The van der Waals surface area contributed by atoms with Crippen molar-refractivity contribution in [1.29, 1.82) is 0 Å². The largest absolute Gasteiger partial charge is 0.255 e. The van der Waals surface area contributed by atoms with Gasteiger partial charge in [0.2, 0.25) is 0 Å². The highest BCUT2D eigenvalue weighted by atomic mass is 14.8. The number of aryl methyl sites for hydroxylation is 2. The molecule has 2 heterocycles. The van der Waals surface area contributed by atoms with E-state index in [2.05, 4.69) is 47.4 Å². The van der Waals surface area contributed by atoms with Gasteiger partial charge >= 0.3 is 0 Å². The molecule has 2 nitrogen and oxygen atoms in total. The minimum absolute atomic E-state index is 1.02. The van der Waals surface area contributed by atoms with E-state index < -0.39 is 0 Å². The van der Waals surface area contributed by atoms with Crippen LogP contribution in [0.15, 0.2) is 62.0 Å². The molecule has 198 valence electrons. The summed E-state index contributed by atoms with van der Waals surface area (Å²) in [6.07, 6.45) is 34.1. The van der Waals surface area contributed by atoms with E-state index in [-0.39, 0.29) is 0 Å². The molecule has 0 N–H and O–H groups in total. The van der Waals surface area contributed by atoms with Gasteiger partial charge in [0.25, 0.3) is 0 Å². The molecule has 0 aromatic carbocycles. The van der Waals surface area contributed by atoms with Crippen molar-refractivity contribution in [2.24, 2.45) is 0 Å². The molecular weight excluding hydrogens is 436 g/mol. The molecule has 2 aromatic heterocycles. The number of nitrogens with zero attached hydrogens (tertiary/aromatic N) is 2. The van der Waals surface area contributed by atoms with Crippen molar-refractivity contribution in [3.8, 4) is 11.4 Å². The molecule has 0 fully saturated rings. The summed E-state index contributed by atoms with van der Waals surface area (Å²) in [5.41, 5.74) is 4.82. The molecule has 0 unspecified atom stereocenters. The smallest absolute Gasteiger partial charge is 0.0888 e. The zero-order valence-electron chi connectivity index (χ0n) is 23.1. The summed E-state index contributed by atoms with van der Waals surface area (Å²) in [6.45, 7) is 7.60. The van der Waals surface area contributed by atoms with Gasteiger partial charge in [-0.15, -0.1) is 13.2 Å². The van der Waals surface area contributed by atoms with Crippen molar-refractivity contribution >= 4 is 0 Å². The summed E-state index contributed by atoms with van der Waals surface area (Å²) in [7, 11) is 0.